The minimum atomic E-state index is 0.191. The first-order chi connectivity index (χ1) is 12.1. The molecule has 3 nitrogen and oxygen atoms in total. The molecule has 0 bridgehead atoms. The largest absolute Gasteiger partial charge is 0.497 e. The van der Waals surface area contributed by atoms with E-state index in [9.17, 15) is 0 Å². The quantitative estimate of drug-likeness (QED) is 0.628. The Hall–Kier alpha value is -2.07. The molecule has 134 valence electrons. The highest BCUT2D eigenvalue weighted by molar-refractivity contribution is 7.80. The first-order valence-corrected chi connectivity index (χ1v) is 9.29. The van der Waals surface area contributed by atoms with Crippen LogP contribution >= 0.6 is 12.2 Å². The first-order valence-electron chi connectivity index (χ1n) is 8.88. The molecule has 0 saturated carbocycles. The molecular formula is C21H28N2OS. The van der Waals surface area contributed by atoms with Gasteiger partial charge in [0.15, 0.2) is 5.11 Å². The number of hydrogen-bond acceptors (Lipinski definition) is 2. The van der Waals surface area contributed by atoms with Crippen molar-refractivity contribution in [1.29, 1.82) is 0 Å². The van der Waals surface area contributed by atoms with E-state index in [1.807, 2.05) is 24.3 Å². The van der Waals surface area contributed by atoms with Crippen LogP contribution in [-0.2, 0) is 0 Å². The summed E-state index contributed by atoms with van der Waals surface area (Å²) in [5.74, 6) is 1.40. The van der Waals surface area contributed by atoms with Crippen LogP contribution in [0, 0.1) is 0 Å². The lowest BCUT2D eigenvalue weighted by Crippen LogP contribution is -2.32. The summed E-state index contributed by atoms with van der Waals surface area (Å²) in [6.45, 7) is 6.64. The fourth-order valence-electron chi connectivity index (χ4n) is 2.74. The van der Waals surface area contributed by atoms with Gasteiger partial charge in [-0.05, 0) is 54.2 Å². The van der Waals surface area contributed by atoms with Crippen LogP contribution < -0.4 is 15.4 Å². The molecule has 0 aromatic heterocycles. The number of benzene rings is 2. The number of thiocarbonyl (C=S) groups is 1. The third kappa shape index (κ3) is 5.46. The molecule has 2 rings (SSSR count). The molecule has 0 heterocycles. The molecule has 25 heavy (non-hydrogen) atoms. The van der Waals surface area contributed by atoms with Crippen molar-refractivity contribution in [2.24, 2.45) is 0 Å². The summed E-state index contributed by atoms with van der Waals surface area (Å²) in [5.41, 5.74) is 3.56. The van der Waals surface area contributed by atoms with Gasteiger partial charge in [0.05, 0.1) is 13.2 Å². The van der Waals surface area contributed by atoms with Crippen LogP contribution in [0.4, 0.5) is 5.69 Å². The monoisotopic (exact) mass is 356 g/mol. The van der Waals surface area contributed by atoms with Crippen LogP contribution in [0.3, 0.4) is 0 Å². The van der Waals surface area contributed by atoms with Crippen molar-refractivity contribution < 1.29 is 4.74 Å². The van der Waals surface area contributed by atoms with Gasteiger partial charge in [0.1, 0.15) is 5.75 Å². The maximum absolute atomic E-state index is 5.48. The van der Waals surface area contributed by atoms with Gasteiger partial charge in [0, 0.05) is 11.8 Å². The normalized spacial score (nSPS) is 13.0. The predicted octanol–water partition coefficient (Wildman–Crippen LogP) is 5.65. The Kier molecular flexibility index (Phi) is 7.26. The summed E-state index contributed by atoms with van der Waals surface area (Å²) in [6, 6.07) is 16.8. The van der Waals surface area contributed by atoms with Crippen LogP contribution in [0.1, 0.15) is 56.7 Å². The summed E-state index contributed by atoms with van der Waals surface area (Å²) in [7, 11) is 1.66. The van der Waals surface area contributed by atoms with E-state index in [2.05, 4.69) is 55.7 Å². The minimum Gasteiger partial charge on any atom is -0.497 e. The Morgan fingerprint density at radius 3 is 2.32 bits per heavy atom. The summed E-state index contributed by atoms with van der Waals surface area (Å²) < 4.78 is 5.24. The molecule has 0 aliphatic carbocycles. The van der Waals surface area contributed by atoms with E-state index in [4.69, 9.17) is 17.0 Å². The molecule has 2 atom stereocenters. The molecule has 0 aliphatic rings. The van der Waals surface area contributed by atoms with Crippen molar-refractivity contribution >= 4 is 23.0 Å². The lowest BCUT2D eigenvalue weighted by atomic mass is 9.95. The standard InChI is InChI=1S/C21H28N2OS/c1-5-15(3)16-10-12-17(13-11-16)20(6-2)23-21(25)22-18-8-7-9-19(14-18)24-4/h7-15,20H,5-6H2,1-4H3,(H2,22,23,25). The molecule has 0 spiro atoms. The topological polar surface area (TPSA) is 33.3 Å². The van der Waals surface area contributed by atoms with E-state index >= 15 is 0 Å². The van der Waals surface area contributed by atoms with Crippen LogP contribution in [0.2, 0.25) is 0 Å². The Balaban J connectivity index is 2.01. The van der Waals surface area contributed by atoms with Gasteiger partial charge in [-0.15, -0.1) is 0 Å². The Labute approximate surface area is 156 Å². The lowest BCUT2D eigenvalue weighted by Gasteiger charge is -2.21. The van der Waals surface area contributed by atoms with Crippen molar-refractivity contribution in [3.05, 3.63) is 59.7 Å². The van der Waals surface area contributed by atoms with Crippen molar-refractivity contribution in [3.63, 3.8) is 0 Å². The van der Waals surface area contributed by atoms with Gasteiger partial charge in [0.25, 0.3) is 0 Å². The van der Waals surface area contributed by atoms with Crippen molar-refractivity contribution in [3.8, 4) is 5.75 Å². The van der Waals surface area contributed by atoms with Gasteiger partial charge in [-0.3, -0.25) is 0 Å². The van der Waals surface area contributed by atoms with E-state index < -0.39 is 0 Å². The molecule has 2 unspecified atom stereocenters. The Bertz CT molecular complexity index is 685. The molecular weight excluding hydrogens is 328 g/mol. The number of hydrogen-bond donors (Lipinski definition) is 2. The lowest BCUT2D eigenvalue weighted by molar-refractivity contribution is 0.415. The van der Waals surface area contributed by atoms with Gasteiger partial charge >= 0.3 is 0 Å². The van der Waals surface area contributed by atoms with Gasteiger partial charge < -0.3 is 15.4 Å². The maximum atomic E-state index is 5.48. The molecule has 2 aromatic carbocycles. The smallest absolute Gasteiger partial charge is 0.171 e. The second-order valence-corrected chi connectivity index (χ2v) is 6.68. The fourth-order valence-corrected chi connectivity index (χ4v) is 3.00. The van der Waals surface area contributed by atoms with Crippen molar-refractivity contribution in [2.75, 3.05) is 12.4 Å². The first kappa shape index (κ1) is 19.3. The zero-order valence-electron chi connectivity index (χ0n) is 15.5. The van der Waals surface area contributed by atoms with Gasteiger partial charge in [-0.1, -0.05) is 51.1 Å². The highest BCUT2D eigenvalue weighted by atomic mass is 32.1. The average Bonchev–Trinajstić information content (AvgIpc) is 2.65. The number of nitrogens with one attached hydrogen (secondary N) is 2. The Morgan fingerprint density at radius 1 is 1.04 bits per heavy atom. The molecule has 2 N–H and O–H groups in total. The van der Waals surface area contributed by atoms with Gasteiger partial charge in [-0.25, -0.2) is 0 Å². The molecule has 0 radical (unpaired) electrons. The maximum Gasteiger partial charge on any atom is 0.171 e. The van der Waals surface area contributed by atoms with Gasteiger partial charge in [0.2, 0.25) is 0 Å². The predicted molar refractivity (Wildman–Crippen MR) is 111 cm³/mol. The summed E-state index contributed by atoms with van der Waals surface area (Å²) in [4.78, 5) is 0. The summed E-state index contributed by atoms with van der Waals surface area (Å²) in [6.07, 6.45) is 2.12. The van der Waals surface area contributed by atoms with E-state index in [0.29, 0.717) is 11.0 Å². The van der Waals surface area contributed by atoms with E-state index in [0.717, 1.165) is 24.3 Å². The summed E-state index contributed by atoms with van der Waals surface area (Å²) in [5, 5.41) is 7.26. The minimum absolute atomic E-state index is 0.191. The van der Waals surface area contributed by atoms with Gasteiger partial charge in [-0.2, -0.15) is 0 Å². The second kappa shape index (κ2) is 9.42. The zero-order chi connectivity index (χ0) is 18.2. The third-order valence-electron chi connectivity index (χ3n) is 4.56. The van der Waals surface area contributed by atoms with Crippen molar-refractivity contribution in [2.45, 2.75) is 45.6 Å². The number of ether oxygens (including phenoxy) is 1. The fraction of sp³-hybridized carbons (Fsp3) is 0.381. The molecule has 0 amide bonds. The van der Waals surface area contributed by atoms with E-state index in [-0.39, 0.29) is 6.04 Å². The number of anilines is 1. The number of rotatable bonds is 7. The Morgan fingerprint density at radius 2 is 1.72 bits per heavy atom. The van der Waals surface area contributed by atoms with E-state index in [1.54, 1.807) is 7.11 Å². The van der Waals surface area contributed by atoms with Crippen LogP contribution in [0.15, 0.2) is 48.5 Å². The van der Waals surface area contributed by atoms with Crippen LogP contribution in [-0.4, -0.2) is 12.2 Å². The molecule has 0 aliphatic heterocycles. The molecule has 4 heteroatoms. The molecule has 0 saturated heterocycles. The molecule has 0 fully saturated rings. The van der Waals surface area contributed by atoms with E-state index in [1.165, 1.54) is 11.1 Å². The SMILES string of the molecule is CCC(C)c1ccc(C(CC)NC(=S)Nc2cccc(OC)c2)cc1. The highest BCUT2D eigenvalue weighted by Gasteiger charge is 2.12. The zero-order valence-corrected chi connectivity index (χ0v) is 16.3. The average molecular weight is 357 g/mol. The van der Waals surface area contributed by atoms with Crippen LogP contribution in [0.25, 0.3) is 0 Å². The van der Waals surface area contributed by atoms with Crippen LogP contribution in [0.5, 0.6) is 5.75 Å². The summed E-state index contributed by atoms with van der Waals surface area (Å²) >= 11 is 5.48. The molecule has 2 aromatic rings. The highest BCUT2D eigenvalue weighted by Crippen LogP contribution is 2.23. The van der Waals surface area contributed by atoms with Crippen molar-refractivity contribution in [1.82, 2.24) is 5.32 Å². The second-order valence-electron chi connectivity index (χ2n) is 6.27. The third-order valence-corrected chi connectivity index (χ3v) is 4.78. The number of methoxy groups -OCH3 is 1.